The minimum absolute atomic E-state index is 0. The fourth-order valence-electron chi connectivity index (χ4n) is 3.05. The molecule has 0 fully saturated rings. The molecular formula is C22H27FIN5S. The van der Waals surface area contributed by atoms with Crippen molar-refractivity contribution in [2.45, 2.75) is 25.4 Å². The Bertz CT molecular complexity index is 946. The number of nitrogens with one attached hydrogen (secondary N) is 2. The highest BCUT2D eigenvalue weighted by Gasteiger charge is 2.08. The highest BCUT2D eigenvalue weighted by Crippen LogP contribution is 2.16. The molecule has 0 aliphatic heterocycles. The smallest absolute Gasteiger partial charge is 0.191 e. The van der Waals surface area contributed by atoms with Gasteiger partial charge < -0.3 is 15.2 Å². The molecule has 0 amide bonds. The molecule has 30 heavy (non-hydrogen) atoms. The standard InChI is InChI=1S/C22H26FN5S.HI/c1-24-22(26-13-18-8-9-20(23)12-19(18)16-29-2)27-14-21-25-10-11-28(21)15-17-6-4-3-5-7-17;/h3-12H,13-16H2,1-2H3,(H2,24,26,27);1H. The molecule has 0 spiro atoms. The lowest BCUT2D eigenvalue weighted by atomic mass is 10.1. The average Bonchev–Trinajstić information content (AvgIpc) is 3.17. The van der Waals surface area contributed by atoms with Gasteiger partial charge in [-0.15, -0.1) is 24.0 Å². The van der Waals surface area contributed by atoms with Crippen LogP contribution in [-0.4, -0.2) is 28.8 Å². The number of hydrogen-bond donors (Lipinski definition) is 2. The molecule has 0 radical (unpaired) electrons. The largest absolute Gasteiger partial charge is 0.352 e. The normalized spacial score (nSPS) is 11.1. The fourth-order valence-corrected chi connectivity index (χ4v) is 3.63. The first-order valence-corrected chi connectivity index (χ1v) is 10.8. The van der Waals surface area contributed by atoms with E-state index in [0.717, 1.165) is 29.2 Å². The maximum Gasteiger partial charge on any atom is 0.191 e. The number of aliphatic imine (C=N–C) groups is 1. The third-order valence-electron chi connectivity index (χ3n) is 4.55. The van der Waals surface area contributed by atoms with Gasteiger partial charge in [-0.2, -0.15) is 11.8 Å². The summed E-state index contributed by atoms with van der Waals surface area (Å²) in [5.74, 6) is 2.18. The maximum absolute atomic E-state index is 13.5. The number of halogens is 2. The van der Waals surface area contributed by atoms with Crippen LogP contribution in [0.25, 0.3) is 0 Å². The zero-order chi connectivity index (χ0) is 20.5. The molecule has 0 aliphatic carbocycles. The Morgan fingerprint density at radius 3 is 2.60 bits per heavy atom. The van der Waals surface area contributed by atoms with Gasteiger partial charge in [0.2, 0.25) is 0 Å². The van der Waals surface area contributed by atoms with Gasteiger partial charge in [0, 0.05) is 38.3 Å². The Morgan fingerprint density at radius 1 is 1.10 bits per heavy atom. The van der Waals surface area contributed by atoms with Crippen molar-refractivity contribution in [3.8, 4) is 0 Å². The van der Waals surface area contributed by atoms with Gasteiger partial charge in [-0.05, 0) is 35.1 Å². The number of thioether (sulfide) groups is 1. The second-order valence-electron chi connectivity index (χ2n) is 6.58. The van der Waals surface area contributed by atoms with Crippen LogP contribution in [0.3, 0.4) is 0 Å². The molecule has 0 aliphatic rings. The lowest BCUT2D eigenvalue weighted by Gasteiger charge is -2.15. The van der Waals surface area contributed by atoms with E-state index in [4.69, 9.17) is 0 Å². The number of aromatic nitrogens is 2. The Morgan fingerprint density at radius 2 is 1.87 bits per heavy atom. The molecule has 0 atom stereocenters. The topological polar surface area (TPSA) is 54.2 Å². The van der Waals surface area contributed by atoms with Crippen molar-refractivity contribution in [1.82, 2.24) is 20.2 Å². The monoisotopic (exact) mass is 539 g/mol. The molecule has 0 bridgehead atoms. The van der Waals surface area contributed by atoms with Crippen LogP contribution in [0.1, 0.15) is 22.5 Å². The van der Waals surface area contributed by atoms with E-state index in [2.05, 4.69) is 37.3 Å². The predicted octanol–water partition coefficient (Wildman–Crippen LogP) is 4.42. The Kier molecular flexibility index (Phi) is 10.2. The van der Waals surface area contributed by atoms with Crippen molar-refractivity contribution < 1.29 is 4.39 Å². The number of imidazole rings is 1. The van der Waals surface area contributed by atoms with Crippen molar-refractivity contribution >= 4 is 41.7 Å². The first-order valence-electron chi connectivity index (χ1n) is 9.44. The van der Waals surface area contributed by atoms with E-state index in [1.165, 1.54) is 11.6 Å². The number of hydrogen-bond acceptors (Lipinski definition) is 3. The second-order valence-corrected chi connectivity index (χ2v) is 7.45. The molecule has 1 aromatic heterocycles. The van der Waals surface area contributed by atoms with Gasteiger partial charge in [0.1, 0.15) is 11.6 Å². The molecule has 160 valence electrons. The van der Waals surface area contributed by atoms with Crippen LogP contribution in [0, 0.1) is 5.82 Å². The van der Waals surface area contributed by atoms with E-state index < -0.39 is 0 Å². The Balaban J connectivity index is 0.00000320. The second kappa shape index (κ2) is 12.6. The van der Waals surface area contributed by atoms with Crippen LogP contribution < -0.4 is 10.6 Å². The zero-order valence-electron chi connectivity index (χ0n) is 17.1. The minimum Gasteiger partial charge on any atom is -0.352 e. The summed E-state index contributed by atoms with van der Waals surface area (Å²) < 4.78 is 15.6. The van der Waals surface area contributed by atoms with Gasteiger partial charge in [0.05, 0.1) is 6.54 Å². The van der Waals surface area contributed by atoms with E-state index >= 15 is 0 Å². The van der Waals surface area contributed by atoms with E-state index in [-0.39, 0.29) is 29.8 Å². The highest BCUT2D eigenvalue weighted by atomic mass is 127. The fraction of sp³-hybridized carbons (Fsp3) is 0.273. The van der Waals surface area contributed by atoms with Gasteiger partial charge in [-0.1, -0.05) is 36.4 Å². The van der Waals surface area contributed by atoms with Crippen molar-refractivity contribution in [3.05, 3.63) is 89.3 Å². The molecular weight excluding hydrogens is 512 g/mol. The molecule has 8 heteroatoms. The summed E-state index contributed by atoms with van der Waals surface area (Å²) in [6.45, 7) is 1.91. The predicted molar refractivity (Wildman–Crippen MR) is 134 cm³/mol. The molecule has 0 unspecified atom stereocenters. The van der Waals surface area contributed by atoms with E-state index in [0.29, 0.717) is 19.0 Å². The Labute approximate surface area is 198 Å². The maximum atomic E-state index is 13.5. The first kappa shape index (κ1) is 24.2. The molecule has 0 saturated carbocycles. The summed E-state index contributed by atoms with van der Waals surface area (Å²) in [4.78, 5) is 8.75. The molecule has 3 aromatic rings. The van der Waals surface area contributed by atoms with Crippen LogP contribution in [0.15, 0.2) is 65.9 Å². The average molecular weight is 539 g/mol. The third kappa shape index (κ3) is 7.02. The van der Waals surface area contributed by atoms with Gasteiger partial charge in [-0.3, -0.25) is 4.99 Å². The zero-order valence-corrected chi connectivity index (χ0v) is 20.3. The van der Waals surface area contributed by atoms with Crippen molar-refractivity contribution in [2.24, 2.45) is 4.99 Å². The lowest BCUT2D eigenvalue weighted by molar-refractivity contribution is 0.625. The van der Waals surface area contributed by atoms with Crippen molar-refractivity contribution in [2.75, 3.05) is 13.3 Å². The van der Waals surface area contributed by atoms with Crippen LogP contribution in [0.4, 0.5) is 4.39 Å². The number of guanidine groups is 1. The van der Waals surface area contributed by atoms with Crippen molar-refractivity contribution in [1.29, 1.82) is 0 Å². The molecule has 1 heterocycles. The van der Waals surface area contributed by atoms with Crippen LogP contribution in [0.2, 0.25) is 0 Å². The van der Waals surface area contributed by atoms with E-state index in [9.17, 15) is 4.39 Å². The van der Waals surface area contributed by atoms with Gasteiger partial charge in [0.25, 0.3) is 0 Å². The number of benzene rings is 2. The van der Waals surface area contributed by atoms with Gasteiger partial charge in [-0.25, -0.2) is 9.37 Å². The molecule has 2 aromatic carbocycles. The SMILES string of the molecule is CN=C(NCc1ccc(F)cc1CSC)NCc1nccn1Cc1ccccc1.I. The first-order chi connectivity index (χ1) is 14.2. The number of rotatable bonds is 8. The summed E-state index contributed by atoms with van der Waals surface area (Å²) in [5, 5.41) is 6.61. The summed E-state index contributed by atoms with van der Waals surface area (Å²) in [5.41, 5.74) is 3.29. The Hall–Kier alpha value is -2.07. The summed E-state index contributed by atoms with van der Waals surface area (Å²) in [7, 11) is 1.74. The van der Waals surface area contributed by atoms with Crippen molar-refractivity contribution in [3.63, 3.8) is 0 Å². The summed E-state index contributed by atoms with van der Waals surface area (Å²) in [6, 6.07) is 15.2. The quantitative estimate of drug-likeness (QED) is 0.253. The highest BCUT2D eigenvalue weighted by molar-refractivity contribution is 14.0. The summed E-state index contributed by atoms with van der Waals surface area (Å²) >= 11 is 1.68. The molecule has 0 saturated heterocycles. The lowest BCUT2D eigenvalue weighted by Crippen LogP contribution is -2.37. The summed E-state index contributed by atoms with van der Waals surface area (Å²) in [6.07, 6.45) is 5.80. The van der Waals surface area contributed by atoms with Crippen LogP contribution in [0.5, 0.6) is 0 Å². The minimum atomic E-state index is -0.203. The van der Waals surface area contributed by atoms with E-state index in [1.54, 1.807) is 24.9 Å². The van der Waals surface area contributed by atoms with Crippen LogP contribution >= 0.6 is 35.7 Å². The molecule has 5 nitrogen and oxygen atoms in total. The van der Waals surface area contributed by atoms with E-state index in [1.807, 2.05) is 42.9 Å². The molecule has 2 N–H and O–H groups in total. The van der Waals surface area contributed by atoms with Gasteiger partial charge in [0.15, 0.2) is 5.96 Å². The van der Waals surface area contributed by atoms with Crippen LogP contribution in [-0.2, 0) is 25.4 Å². The molecule has 3 rings (SSSR count). The van der Waals surface area contributed by atoms with Gasteiger partial charge >= 0.3 is 0 Å². The number of nitrogens with zero attached hydrogens (tertiary/aromatic N) is 3. The third-order valence-corrected chi connectivity index (χ3v) is 5.15.